The topological polar surface area (TPSA) is 75.7 Å². The highest BCUT2D eigenvalue weighted by Gasteiger charge is 2.23. The van der Waals surface area contributed by atoms with Crippen LogP contribution in [-0.4, -0.2) is 34.5 Å². The number of carbonyl (C=O) groups excluding carboxylic acids is 1. The van der Waals surface area contributed by atoms with Gasteiger partial charge in [-0.3, -0.25) is 9.10 Å². The summed E-state index contributed by atoms with van der Waals surface area (Å²) in [6, 6.07) is 10.6. The number of carbonyl (C=O) groups is 1. The van der Waals surface area contributed by atoms with E-state index in [0.29, 0.717) is 11.4 Å². The summed E-state index contributed by atoms with van der Waals surface area (Å²) in [5, 5.41) is 3.09. The van der Waals surface area contributed by atoms with Crippen LogP contribution in [0.15, 0.2) is 47.4 Å². The van der Waals surface area contributed by atoms with Crippen molar-refractivity contribution in [2.24, 2.45) is 0 Å². The van der Waals surface area contributed by atoms with E-state index in [9.17, 15) is 13.2 Å². The smallest absolute Gasteiger partial charge is 0.264 e. The first-order valence-electron chi connectivity index (χ1n) is 8.44. The molecule has 27 heavy (non-hydrogen) atoms. The van der Waals surface area contributed by atoms with Gasteiger partial charge in [-0.25, -0.2) is 8.42 Å². The Balaban J connectivity index is 2.36. The number of halogens is 1. The van der Waals surface area contributed by atoms with Gasteiger partial charge in [-0.2, -0.15) is 0 Å². The number of nitrogens with one attached hydrogen (secondary N) is 1. The van der Waals surface area contributed by atoms with Crippen molar-refractivity contribution in [1.29, 1.82) is 0 Å². The summed E-state index contributed by atoms with van der Waals surface area (Å²) in [4.78, 5) is 12.5. The van der Waals surface area contributed by atoms with Crippen molar-refractivity contribution in [2.75, 3.05) is 18.5 Å². The minimum absolute atomic E-state index is 0.0158. The Morgan fingerprint density at radius 2 is 1.85 bits per heavy atom. The third kappa shape index (κ3) is 4.73. The SMILES string of the molecule is CCC(C)NC(=O)c1cc(N(C)S(=O)(=O)c2ccc(OC)cc2)ccc1Cl. The van der Waals surface area contributed by atoms with Crippen LogP contribution in [0.5, 0.6) is 5.75 Å². The maximum atomic E-state index is 12.9. The molecule has 0 aliphatic rings. The van der Waals surface area contributed by atoms with Crippen LogP contribution in [0.2, 0.25) is 5.02 Å². The number of hydrogen-bond donors (Lipinski definition) is 1. The fourth-order valence-corrected chi connectivity index (χ4v) is 3.72. The van der Waals surface area contributed by atoms with Gasteiger partial charge >= 0.3 is 0 Å². The lowest BCUT2D eigenvalue weighted by atomic mass is 10.1. The van der Waals surface area contributed by atoms with Gasteiger partial charge in [0.05, 0.1) is 28.3 Å². The molecule has 0 radical (unpaired) electrons. The van der Waals surface area contributed by atoms with E-state index in [-0.39, 0.29) is 27.4 Å². The fraction of sp³-hybridized carbons (Fsp3) is 0.316. The quantitative estimate of drug-likeness (QED) is 0.755. The lowest BCUT2D eigenvalue weighted by Crippen LogP contribution is -2.32. The Kier molecular flexibility index (Phi) is 6.73. The molecule has 0 aliphatic carbocycles. The van der Waals surface area contributed by atoms with Crippen LogP contribution in [0.4, 0.5) is 5.69 Å². The van der Waals surface area contributed by atoms with Crippen LogP contribution in [0.3, 0.4) is 0 Å². The van der Waals surface area contributed by atoms with Gasteiger partial charge in [0.1, 0.15) is 5.75 Å². The lowest BCUT2D eigenvalue weighted by molar-refractivity contribution is 0.0939. The molecular formula is C19H23ClN2O4S. The zero-order valence-corrected chi connectivity index (χ0v) is 17.3. The average Bonchev–Trinajstić information content (AvgIpc) is 2.67. The highest BCUT2D eigenvalue weighted by Crippen LogP contribution is 2.27. The zero-order valence-electron chi connectivity index (χ0n) is 15.7. The average molecular weight is 411 g/mol. The Hall–Kier alpha value is -2.25. The van der Waals surface area contributed by atoms with Crippen LogP contribution in [0.25, 0.3) is 0 Å². The van der Waals surface area contributed by atoms with Crippen molar-refractivity contribution in [1.82, 2.24) is 5.32 Å². The number of methoxy groups -OCH3 is 1. The first-order chi connectivity index (χ1) is 12.7. The minimum atomic E-state index is -3.80. The molecule has 1 amide bonds. The number of rotatable bonds is 7. The van der Waals surface area contributed by atoms with Gasteiger partial charge in [0.25, 0.3) is 15.9 Å². The summed E-state index contributed by atoms with van der Waals surface area (Å²) in [6.07, 6.45) is 0.773. The molecule has 0 heterocycles. The second-order valence-electron chi connectivity index (χ2n) is 6.09. The summed E-state index contributed by atoms with van der Waals surface area (Å²) in [5.74, 6) is 0.221. The number of anilines is 1. The predicted octanol–water partition coefficient (Wildman–Crippen LogP) is 3.70. The van der Waals surface area contributed by atoms with E-state index >= 15 is 0 Å². The van der Waals surface area contributed by atoms with Crippen molar-refractivity contribution < 1.29 is 17.9 Å². The van der Waals surface area contributed by atoms with Gasteiger partial charge < -0.3 is 10.1 Å². The molecule has 0 saturated heterocycles. The third-order valence-corrected chi connectivity index (χ3v) is 6.40. The van der Waals surface area contributed by atoms with Gasteiger partial charge in [0, 0.05) is 13.1 Å². The number of sulfonamides is 1. The van der Waals surface area contributed by atoms with E-state index in [1.54, 1.807) is 18.2 Å². The van der Waals surface area contributed by atoms with E-state index in [4.69, 9.17) is 16.3 Å². The van der Waals surface area contributed by atoms with Gasteiger partial charge in [-0.1, -0.05) is 18.5 Å². The van der Waals surface area contributed by atoms with Crippen LogP contribution in [0.1, 0.15) is 30.6 Å². The van der Waals surface area contributed by atoms with Crippen molar-refractivity contribution >= 4 is 33.2 Å². The van der Waals surface area contributed by atoms with E-state index in [1.807, 2.05) is 13.8 Å². The second kappa shape index (κ2) is 8.63. The standard InChI is InChI=1S/C19H23ClN2O4S/c1-5-13(2)21-19(23)17-12-14(6-11-18(17)20)22(3)27(24,25)16-9-7-15(26-4)8-10-16/h6-13H,5H2,1-4H3,(H,21,23). The molecule has 2 aromatic carbocycles. The first kappa shape index (κ1) is 21.1. The maximum absolute atomic E-state index is 12.9. The van der Waals surface area contributed by atoms with Gasteiger partial charge in [-0.05, 0) is 55.8 Å². The number of ether oxygens (including phenoxy) is 1. The second-order valence-corrected chi connectivity index (χ2v) is 8.47. The summed E-state index contributed by atoms with van der Waals surface area (Å²) in [6.45, 7) is 3.84. The molecule has 146 valence electrons. The van der Waals surface area contributed by atoms with Crippen LogP contribution in [0, 0.1) is 0 Å². The minimum Gasteiger partial charge on any atom is -0.497 e. The highest BCUT2D eigenvalue weighted by atomic mass is 35.5. The number of nitrogens with zero attached hydrogens (tertiary/aromatic N) is 1. The molecule has 0 aliphatic heterocycles. The molecule has 6 nitrogen and oxygen atoms in total. The highest BCUT2D eigenvalue weighted by molar-refractivity contribution is 7.92. The molecule has 8 heteroatoms. The molecule has 2 rings (SSSR count). The normalized spacial score (nSPS) is 12.3. The summed E-state index contributed by atoms with van der Waals surface area (Å²) < 4.78 is 31.9. The molecule has 1 atom stereocenters. The van der Waals surface area contributed by atoms with E-state index < -0.39 is 10.0 Å². The predicted molar refractivity (Wildman–Crippen MR) is 107 cm³/mol. The molecule has 0 aromatic heterocycles. The summed E-state index contributed by atoms with van der Waals surface area (Å²) in [5.41, 5.74) is 0.566. The molecule has 1 N–H and O–H groups in total. The van der Waals surface area contributed by atoms with E-state index in [1.165, 1.54) is 38.4 Å². The number of hydrogen-bond acceptors (Lipinski definition) is 4. The fourth-order valence-electron chi connectivity index (χ4n) is 2.33. The lowest BCUT2D eigenvalue weighted by Gasteiger charge is -2.21. The van der Waals surface area contributed by atoms with E-state index in [0.717, 1.165) is 10.7 Å². The van der Waals surface area contributed by atoms with Crippen molar-refractivity contribution in [3.05, 3.63) is 53.1 Å². The number of amides is 1. The van der Waals surface area contributed by atoms with E-state index in [2.05, 4.69) is 5.32 Å². The molecule has 1 unspecified atom stereocenters. The monoisotopic (exact) mass is 410 g/mol. The molecule has 0 saturated carbocycles. The van der Waals surface area contributed by atoms with Crippen molar-refractivity contribution in [2.45, 2.75) is 31.2 Å². The molecule has 0 spiro atoms. The summed E-state index contributed by atoms with van der Waals surface area (Å²) in [7, 11) is -0.858. The van der Waals surface area contributed by atoms with Gasteiger partial charge in [-0.15, -0.1) is 0 Å². The van der Waals surface area contributed by atoms with Crippen LogP contribution < -0.4 is 14.4 Å². The number of benzene rings is 2. The molecule has 0 fully saturated rings. The maximum Gasteiger partial charge on any atom is 0.264 e. The Labute approximate surface area is 165 Å². The Morgan fingerprint density at radius 1 is 1.22 bits per heavy atom. The van der Waals surface area contributed by atoms with Crippen molar-refractivity contribution in [3.8, 4) is 5.75 Å². The summed E-state index contributed by atoms with van der Waals surface area (Å²) >= 11 is 6.14. The van der Waals surface area contributed by atoms with Gasteiger partial charge in [0.15, 0.2) is 0 Å². The third-order valence-electron chi connectivity index (χ3n) is 4.27. The zero-order chi connectivity index (χ0) is 20.2. The molecular weight excluding hydrogens is 388 g/mol. The largest absolute Gasteiger partial charge is 0.497 e. The van der Waals surface area contributed by atoms with Crippen LogP contribution >= 0.6 is 11.6 Å². The van der Waals surface area contributed by atoms with Crippen LogP contribution in [-0.2, 0) is 10.0 Å². The molecule has 0 bridgehead atoms. The van der Waals surface area contributed by atoms with Gasteiger partial charge in [0.2, 0.25) is 0 Å². The Bertz CT molecular complexity index is 914. The first-order valence-corrected chi connectivity index (χ1v) is 10.3. The molecule has 2 aromatic rings. The van der Waals surface area contributed by atoms with Crippen molar-refractivity contribution in [3.63, 3.8) is 0 Å². The Morgan fingerprint density at radius 3 is 2.41 bits per heavy atom.